The zero-order chi connectivity index (χ0) is 16.0. The van der Waals surface area contributed by atoms with Gasteiger partial charge in [-0.2, -0.15) is 0 Å². The number of methoxy groups -OCH3 is 1. The topological polar surface area (TPSA) is 70.6 Å². The second-order valence-electron chi connectivity index (χ2n) is 5.84. The van der Waals surface area contributed by atoms with Crippen molar-refractivity contribution in [3.63, 3.8) is 0 Å². The number of hydrogen-bond donors (Lipinski definition) is 3. The maximum atomic E-state index is 11.6. The van der Waals surface area contributed by atoms with Crippen molar-refractivity contribution in [3.8, 4) is 11.5 Å². The van der Waals surface area contributed by atoms with Crippen molar-refractivity contribution in [1.82, 2.24) is 10.6 Å². The molecular weight excluding hydrogens is 292 g/mol. The molecule has 0 spiro atoms. The number of phenols is 1. The van der Waals surface area contributed by atoms with Crippen molar-refractivity contribution in [2.75, 3.05) is 13.7 Å². The molecule has 0 aliphatic carbocycles. The number of ether oxygens (including phenoxy) is 1. The van der Waals surface area contributed by atoms with E-state index in [2.05, 4.69) is 10.6 Å². The number of carbonyl (C=O) groups is 1. The highest BCUT2D eigenvalue weighted by molar-refractivity contribution is 6.30. The maximum Gasteiger partial charge on any atom is 0.221 e. The number of nitrogens with one attached hydrogen (secondary N) is 2. The van der Waals surface area contributed by atoms with Gasteiger partial charge in [-0.1, -0.05) is 11.6 Å². The molecule has 0 radical (unpaired) electrons. The number of carbonyl (C=O) groups excluding carboxylic acids is 1. The van der Waals surface area contributed by atoms with E-state index < -0.39 is 0 Å². The Balaban J connectivity index is 2.46. The quantitative estimate of drug-likeness (QED) is 0.705. The van der Waals surface area contributed by atoms with E-state index in [9.17, 15) is 9.90 Å². The maximum absolute atomic E-state index is 11.6. The Morgan fingerprint density at radius 1 is 1.38 bits per heavy atom. The molecule has 5 nitrogen and oxygen atoms in total. The zero-order valence-corrected chi connectivity index (χ0v) is 13.7. The largest absolute Gasteiger partial charge is 0.504 e. The van der Waals surface area contributed by atoms with Crippen molar-refractivity contribution in [1.29, 1.82) is 0 Å². The second kappa shape index (κ2) is 7.52. The highest BCUT2D eigenvalue weighted by atomic mass is 35.5. The Kier molecular flexibility index (Phi) is 6.30. The Morgan fingerprint density at radius 2 is 2.05 bits per heavy atom. The second-order valence-corrected chi connectivity index (χ2v) is 6.28. The van der Waals surface area contributed by atoms with Crippen LogP contribution in [0.3, 0.4) is 0 Å². The lowest BCUT2D eigenvalue weighted by Gasteiger charge is -2.20. The van der Waals surface area contributed by atoms with Crippen LogP contribution < -0.4 is 15.4 Å². The summed E-state index contributed by atoms with van der Waals surface area (Å²) in [5.74, 6) is 0.390. The Morgan fingerprint density at radius 3 is 2.62 bits per heavy atom. The SMILES string of the molecule is COc1cc(Cl)cc(CNCCC(=O)NC(C)(C)C)c1O. The Hall–Kier alpha value is -1.46. The van der Waals surface area contributed by atoms with Crippen LogP contribution in [0.4, 0.5) is 0 Å². The van der Waals surface area contributed by atoms with Crippen LogP contribution in [0.25, 0.3) is 0 Å². The highest BCUT2D eigenvalue weighted by Gasteiger charge is 2.13. The van der Waals surface area contributed by atoms with Gasteiger partial charge in [0.05, 0.1) is 7.11 Å². The molecule has 0 aliphatic rings. The van der Waals surface area contributed by atoms with E-state index in [0.29, 0.717) is 35.8 Å². The van der Waals surface area contributed by atoms with Gasteiger partial charge in [-0.15, -0.1) is 0 Å². The van der Waals surface area contributed by atoms with Crippen LogP contribution in [-0.2, 0) is 11.3 Å². The average molecular weight is 315 g/mol. The third-order valence-corrected chi connectivity index (χ3v) is 2.92. The predicted octanol–water partition coefficient (Wildman–Crippen LogP) is 2.45. The van der Waals surface area contributed by atoms with E-state index in [1.807, 2.05) is 20.8 Å². The van der Waals surface area contributed by atoms with Gasteiger partial charge in [0, 0.05) is 41.7 Å². The smallest absolute Gasteiger partial charge is 0.221 e. The molecule has 0 heterocycles. The van der Waals surface area contributed by atoms with Crippen LogP contribution in [0, 0.1) is 0 Å². The zero-order valence-electron chi connectivity index (χ0n) is 12.9. The molecule has 0 bridgehead atoms. The fraction of sp³-hybridized carbons (Fsp3) is 0.533. The summed E-state index contributed by atoms with van der Waals surface area (Å²) in [4.78, 5) is 11.6. The number of benzene rings is 1. The fourth-order valence-corrected chi connectivity index (χ4v) is 2.06. The van der Waals surface area contributed by atoms with Crippen LogP contribution in [0.15, 0.2) is 12.1 Å². The van der Waals surface area contributed by atoms with Crippen LogP contribution in [0.2, 0.25) is 5.02 Å². The molecule has 6 heteroatoms. The van der Waals surface area contributed by atoms with Crippen LogP contribution in [0.1, 0.15) is 32.8 Å². The monoisotopic (exact) mass is 314 g/mol. The van der Waals surface area contributed by atoms with Crippen molar-refractivity contribution < 1.29 is 14.6 Å². The van der Waals surface area contributed by atoms with Gasteiger partial charge in [0.15, 0.2) is 11.5 Å². The Bertz CT molecular complexity index is 498. The summed E-state index contributed by atoms with van der Waals surface area (Å²) in [5, 5.41) is 16.5. The first kappa shape index (κ1) is 17.6. The first-order valence-electron chi connectivity index (χ1n) is 6.80. The van der Waals surface area contributed by atoms with E-state index in [-0.39, 0.29) is 17.2 Å². The van der Waals surface area contributed by atoms with E-state index >= 15 is 0 Å². The summed E-state index contributed by atoms with van der Waals surface area (Å²) in [5.41, 5.74) is 0.408. The van der Waals surface area contributed by atoms with E-state index in [4.69, 9.17) is 16.3 Å². The molecule has 1 aromatic carbocycles. The van der Waals surface area contributed by atoms with Crippen molar-refractivity contribution in [3.05, 3.63) is 22.7 Å². The summed E-state index contributed by atoms with van der Waals surface area (Å²) in [6, 6.07) is 3.22. The van der Waals surface area contributed by atoms with Gasteiger partial charge < -0.3 is 20.5 Å². The standard InChI is InChI=1S/C15H23ClN2O3/c1-15(2,3)18-13(19)5-6-17-9-10-7-11(16)8-12(21-4)14(10)20/h7-8,17,20H,5-6,9H2,1-4H3,(H,18,19). The summed E-state index contributed by atoms with van der Waals surface area (Å²) in [6.45, 7) is 6.74. The molecule has 0 aliphatic heterocycles. The summed E-state index contributed by atoms with van der Waals surface area (Å²) < 4.78 is 5.04. The van der Waals surface area contributed by atoms with Gasteiger partial charge in [-0.25, -0.2) is 0 Å². The summed E-state index contributed by atoms with van der Waals surface area (Å²) in [7, 11) is 1.47. The molecule has 0 fully saturated rings. The predicted molar refractivity (Wildman–Crippen MR) is 83.9 cm³/mol. The molecular formula is C15H23ClN2O3. The third-order valence-electron chi connectivity index (χ3n) is 2.70. The van der Waals surface area contributed by atoms with E-state index in [1.165, 1.54) is 7.11 Å². The van der Waals surface area contributed by atoms with E-state index in [1.54, 1.807) is 12.1 Å². The molecule has 1 amide bonds. The van der Waals surface area contributed by atoms with Gasteiger partial charge in [0.1, 0.15) is 0 Å². The van der Waals surface area contributed by atoms with Crippen molar-refractivity contribution in [2.45, 2.75) is 39.3 Å². The normalized spacial score (nSPS) is 11.3. The van der Waals surface area contributed by atoms with Crippen molar-refractivity contribution in [2.24, 2.45) is 0 Å². The molecule has 21 heavy (non-hydrogen) atoms. The minimum atomic E-state index is -0.227. The van der Waals surface area contributed by atoms with E-state index in [0.717, 1.165) is 0 Å². The number of hydrogen-bond acceptors (Lipinski definition) is 4. The molecule has 0 unspecified atom stereocenters. The van der Waals surface area contributed by atoms with Gasteiger partial charge in [-0.05, 0) is 26.8 Å². The van der Waals surface area contributed by atoms with Gasteiger partial charge in [0.25, 0.3) is 0 Å². The minimum absolute atomic E-state index is 0.0112. The van der Waals surface area contributed by atoms with Crippen molar-refractivity contribution >= 4 is 17.5 Å². The van der Waals surface area contributed by atoms with Gasteiger partial charge in [-0.3, -0.25) is 4.79 Å². The highest BCUT2D eigenvalue weighted by Crippen LogP contribution is 2.33. The molecule has 1 aromatic rings. The van der Waals surface area contributed by atoms with Crippen LogP contribution in [-0.4, -0.2) is 30.2 Å². The molecule has 118 valence electrons. The summed E-state index contributed by atoms with van der Waals surface area (Å²) >= 11 is 5.95. The summed E-state index contributed by atoms with van der Waals surface area (Å²) in [6.07, 6.45) is 0.371. The Labute approximate surface area is 130 Å². The number of phenolic OH excluding ortho intramolecular Hbond substituents is 1. The number of rotatable bonds is 6. The first-order valence-corrected chi connectivity index (χ1v) is 7.18. The minimum Gasteiger partial charge on any atom is -0.504 e. The number of amides is 1. The first-order chi connectivity index (χ1) is 9.73. The number of aromatic hydroxyl groups is 1. The van der Waals surface area contributed by atoms with Gasteiger partial charge in [0.2, 0.25) is 5.91 Å². The molecule has 0 aromatic heterocycles. The average Bonchev–Trinajstić information content (AvgIpc) is 2.35. The molecule has 0 saturated carbocycles. The third kappa shape index (κ3) is 6.23. The lowest BCUT2D eigenvalue weighted by molar-refractivity contribution is -0.122. The molecule has 1 rings (SSSR count). The fourth-order valence-electron chi connectivity index (χ4n) is 1.82. The number of halogens is 1. The molecule has 0 atom stereocenters. The molecule has 0 saturated heterocycles. The van der Waals surface area contributed by atoms with Gasteiger partial charge >= 0.3 is 0 Å². The lowest BCUT2D eigenvalue weighted by Crippen LogP contribution is -2.41. The van der Waals surface area contributed by atoms with Crippen LogP contribution in [0.5, 0.6) is 11.5 Å². The van der Waals surface area contributed by atoms with Crippen LogP contribution >= 0.6 is 11.6 Å². The molecule has 3 N–H and O–H groups in total. The lowest BCUT2D eigenvalue weighted by atomic mass is 10.1.